The summed E-state index contributed by atoms with van der Waals surface area (Å²) in [6.07, 6.45) is 5.75. The fourth-order valence-electron chi connectivity index (χ4n) is 5.23. The zero-order valence-electron chi connectivity index (χ0n) is 21.1. The summed E-state index contributed by atoms with van der Waals surface area (Å²) in [5.41, 5.74) is 10.0. The van der Waals surface area contributed by atoms with Crippen LogP contribution in [0.3, 0.4) is 0 Å². The molecule has 188 valence electrons. The van der Waals surface area contributed by atoms with Crippen molar-refractivity contribution in [3.05, 3.63) is 36.0 Å². The summed E-state index contributed by atoms with van der Waals surface area (Å²) in [4.78, 5) is 24.6. The van der Waals surface area contributed by atoms with Crippen LogP contribution in [0.25, 0.3) is 21.5 Å². The molecule has 2 aliphatic heterocycles. The average Bonchev–Trinajstić information content (AvgIpc) is 3.61. The normalized spacial score (nSPS) is 22.2. The van der Waals surface area contributed by atoms with Gasteiger partial charge >= 0.3 is 0 Å². The van der Waals surface area contributed by atoms with Gasteiger partial charge < -0.3 is 20.3 Å². The maximum absolute atomic E-state index is 6.20. The number of amidine groups is 2. The number of likely N-dealkylation sites (N-methyl/N-ethyl adjacent to an activating group) is 1. The Kier molecular flexibility index (Phi) is 6.13. The third kappa shape index (κ3) is 4.82. The zero-order chi connectivity index (χ0) is 24.8. The number of hydrogen-bond donors (Lipinski definition) is 1. The maximum atomic E-state index is 6.20. The smallest absolute Gasteiger partial charge is 0.182 e. The van der Waals surface area contributed by atoms with Gasteiger partial charge in [-0.2, -0.15) is 0 Å². The molecule has 2 unspecified atom stereocenters. The third-order valence-corrected chi connectivity index (χ3v) is 8.02. The van der Waals surface area contributed by atoms with E-state index >= 15 is 0 Å². The predicted molar refractivity (Wildman–Crippen MR) is 147 cm³/mol. The van der Waals surface area contributed by atoms with Gasteiger partial charge in [-0.25, -0.2) is 15.0 Å². The Morgan fingerprint density at radius 1 is 1.19 bits per heavy atom. The minimum atomic E-state index is 0.242. The Hall–Kier alpha value is -3.04. The van der Waals surface area contributed by atoms with Gasteiger partial charge in [-0.1, -0.05) is 30.2 Å². The number of fused-ring (bicyclic) bond motifs is 2. The molecule has 3 aliphatic rings. The molecule has 0 spiro atoms. The van der Waals surface area contributed by atoms with Gasteiger partial charge in [-0.3, -0.25) is 4.99 Å². The number of aromatic nitrogens is 2. The number of nitrogens with two attached hydrogens (primary N) is 1. The largest absolute Gasteiger partial charge is 0.491 e. The molecule has 3 aromatic rings. The predicted octanol–water partition coefficient (Wildman–Crippen LogP) is 4.31. The number of pyridine rings is 1. The van der Waals surface area contributed by atoms with Crippen LogP contribution in [-0.2, 0) is 6.54 Å². The molecule has 1 aromatic carbocycles. The lowest BCUT2D eigenvalue weighted by molar-refractivity contribution is 0.279. The number of aliphatic imine (C=N–C) groups is 2. The molecule has 2 aromatic heterocycles. The monoisotopic (exact) mass is 503 g/mol. The second-order valence-corrected chi connectivity index (χ2v) is 11.5. The highest BCUT2D eigenvalue weighted by Gasteiger charge is 2.36. The number of rotatable bonds is 5. The number of ether oxygens (including phenoxy) is 1. The first kappa shape index (κ1) is 23.4. The van der Waals surface area contributed by atoms with E-state index in [0.29, 0.717) is 17.7 Å². The number of nitrogen functional groups attached to an aromatic ring is 1. The first-order chi connectivity index (χ1) is 17.4. The quantitative estimate of drug-likeness (QED) is 0.558. The molecule has 0 bridgehead atoms. The molecule has 2 atom stereocenters. The standard InChI is InChI=1S/C27H33N7OS/c1-16-21(10-17-4-5-17)25(32-24(30-16)15-33(2)3)34-8-9-35-23-7-6-18(11-20(23)14-34)19-12-22-26(29-13-19)36-27(28)31-22/h6-7,11-13,16-17,21H,4-5,8-10,14-15H2,1-3H3,(H2,28,31). The summed E-state index contributed by atoms with van der Waals surface area (Å²) in [6, 6.07) is 8.72. The molecule has 9 heteroatoms. The van der Waals surface area contributed by atoms with Gasteiger partial charge in [0.25, 0.3) is 0 Å². The third-order valence-electron chi connectivity index (χ3n) is 7.21. The SMILES string of the molecule is CC1N=C(CN(C)C)N=C(N2CCOc3ccc(-c4cnc5sc(N)nc5c4)cc3C2)C1CC1CC1. The average molecular weight is 504 g/mol. The minimum Gasteiger partial charge on any atom is -0.491 e. The van der Waals surface area contributed by atoms with Gasteiger partial charge in [0, 0.05) is 29.8 Å². The summed E-state index contributed by atoms with van der Waals surface area (Å²) >= 11 is 1.41. The summed E-state index contributed by atoms with van der Waals surface area (Å²) < 4.78 is 6.20. The molecule has 2 N–H and O–H groups in total. The lowest BCUT2D eigenvalue weighted by atomic mass is 9.91. The molecule has 8 nitrogen and oxygen atoms in total. The van der Waals surface area contributed by atoms with E-state index < -0.39 is 0 Å². The summed E-state index contributed by atoms with van der Waals surface area (Å²) in [6.45, 7) is 5.24. The fraction of sp³-hybridized carbons (Fsp3) is 0.481. The summed E-state index contributed by atoms with van der Waals surface area (Å²) in [7, 11) is 4.14. The van der Waals surface area contributed by atoms with Crippen LogP contribution in [0, 0.1) is 11.8 Å². The van der Waals surface area contributed by atoms with Crippen LogP contribution < -0.4 is 10.5 Å². The van der Waals surface area contributed by atoms with Crippen LogP contribution in [0.2, 0.25) is 0 Å². The van der Waals surface area contributed by atoms with Crippen LogP contribution in [0.1, 0.15) is 31.7 Å². The number of hydrogen-bond acceptors (Lipinski definition) is 9. The topological polar surface area (TPSA) is 92.2 Å². The number of benzene rings is 1. The molecule has 1 fully saturated rings. The Morgan fingerprint density at radius 2 is 2.06 bits per heavy atom. The van der Waals surface area contributed by atoms with Crippen molar-refractivity contribution < 1.29 is 4.74 Å². The minimum absolute atomic E-state index is 0.242. The van der Waals surface area contributed by atoms with Crippen molar-refractivity contribution >= 4 is 38.5 Å². The Labute approximate surface area is 215 Å². The maximum Gasteiger partial charge on any atom is 0.182 e. The molecule has 6 rings (SSSR count). The van der Waals surface area contributed by atoms with Crippen molar-refractivity contribution in [2.75, 3.05) is 39.5 Å². The van der Waals surface area contributed by atoms with Crippen LogP contribution >= 0.6 is 11.3 Å². The second-order valence-electron chi connectivity index (χ2n) is 10.5. The highest BCUT2D eigenvalue weighted by molar-refractivity contribution is 7.21. The lowest BCUT2D eigenvalue weighted by Gasteiger charge is -2.35. The van der Waals surface area contributed by atoms with E-state index in [-0.39, 0.29) is 6.04 Å². The first-order valence-corrected chi connectivity index (χ1v) is 13.6. The molecule has 1 aliphatic carbocycles. The van der Waals surface area contributed by atoms with Gasteiger partial charge in [-0.05, 0) is 57.1 Å². The highest BCUT2D eigenvalue weighted by Crippen LogP contribution is 2.39. The Balaban J connectivity index is 1.32. The zero-order valence-corrected chi connectivity index (χ0v) is 22.0. The molecule has 1 saturated carbocycles. The molecule has 36 heavy (non-hydrogen) atoms. The molecule has 0 saturated heterocycles. The number of thiazole rings is 1. The summed E-state index contributed by atoms with van der Waals surface area (Å²) in [5, 5.41) is 0.543. The van der Waals surface area contributed by atoms with Crippen LogP contribution in [-0.4, -0.2) is 71.3 Å². The van der Waals surface area contributed by atoms with Gasteiger partial charge in [-0.15, -0.1) is 0 Å². The van der Waals surface area contributed by atoms with Crippen molar-refractivity contribution in [3.8, 4) is 16.9 Å². The molecular formula is C27H33N7OS. The van der Waals surface area contributed by atoms with Gasteiger partial charge in [0.1, 0.15) is 34.4 Å². The van der Waals surface area contributed by atoms with E-state index in [2.05, 4.69) is 65.1 Å². The molecule has 0 radical (unpaired) electrons. The van der Waals surface area contributed by atoms with E-state index in [0.717, 1.165) is 58.6 Å². The van der Waals surface area contributed by atoms with Crippen molar-refractivity contribution in [2.45, 2.75) is 38.8 Å². The lowest BCUT2D eigenvalue weighted by Crippen LogP contribution is -2.44. The van der Waals surface area contributed by atoms with Crippen LogP contribution in [0.5, 0.6) is 5.75 Å². The van der Waals surface area contributed by atoms with Crippen LogP contribution in [0.4, 0.5) is 5.13 Å². The van der Waals surface area contributed by atoms with Gasteiger partial charge in [0.05, 0.1) is 19.1 Å². The summed E-state index contributed by atoms with van der Waals surface area (Å²) in [5.74, 6) is 4.23. The molecular weight excluding hydrogens is 470 g/mol. The van der Waals surface area contributed by atoms with Crippen molar-refractivity contribution in [1.29, 1.82) is 0 Å². The fourth-order valence-corrected chi connectivity index (χ4v) is 5.89. The molecule has 0 amide bonds. The van der Waals surface area contributed by atoms with Gasteiger partial charge in [0.15, 0.2) is 5.13 Å². The van der Waals surface area contributed by atoms with E-state index in [4.69, 9.17) is 20.5 Å². The van der Waals surface area contributed by atoms with E-state index in [1.54, 1.807) is 0 Å². The van der Waals surface area contributed by atoms with E-state index in [9.17, 15) is 0 Å². The first-order valence-electron chi connectivity index (χ1n) is 12.8. The number of nitrogens with zero attached hydrogens (tertiary/aromatic N) is 6. The van der Waals surface area contributed by atoms with Gasteiger partial charge in [0.2, 0.25) is 0 Å². The van der Waals surface area contributed by atoms with E-state index in [1.807, 2.05) is 6.20 Å². The van der Waals surface area contributed by atoms with Crippen molar-refractivity contribution in [1.82, 2.24) is 19.8 Å². The second kappa shape index (κ2) is 9.44. The van der Waals surface area contributed by atoms with E-state index in [1.165, 1.54) is 42.0 Å². The Bertz CT molecular complexity index is 1340. The van der Waals surface area contributed by atoms with Crippen LogP contribution in [0.15, 0.2) is 40.4 Å². The molecule has 4 heterocycles. The van der Waals surface area contributed by atoms with Crippen molar-refractivity contribution in [3.63, 3.8) is 0 Å². The van der Waals surface area contributed by atoms with Crippen molar-refractivity contribution in [2.24, 2.45) is 21.8 Å². The number of anilines is 1. The highest BCUT2D eigenvalue weighted by atomic mass is 32.1. The Morgan fingerprint density at radius 3 is 2.86 bits per heavy atom.